The van der Waals surface area contributed by atoms with Crippen LogP contribution in [0.15, 0.2) is 24.2 Å². The minimum Gasteiger partial charge on any atom is -0.508 e. The second kappa shape index (κ2) is 9.01. The fourth-order valence-electron chi connectivity index (χ4n) is 5.28. The standard InChI is InChI=1S/C27H28F4N4O/c1-4-17-20(28)7-6-15-10-16(36)11-18(22(15)17)24-23(29)25-19(12-32-24)26(34-21(5-2)33-25)35-9-8-27(30,31)14(3)13-35/h10-12,14,36H,4-9,13H2,1-3H3. The maximum atomic E-state index is 16.2. The van der Waals surface area contributed by atoms with E-state index in [0.29, 0.717) is 53.0 Å². The van der Waals surface area contributed by atoms with Gasteiger partial charge in [0.25, 0.3) is 5.92 Å². The molecule has 1 atom stereocenters. The number of piperidine rings is 1. The number of allylic oxidation sites excluding steroid dienone is 2. The number of aromatic nitrogens is 3. The van der Waals surface area contributed by atoms with Crippen LogP contribution in [0.2, 0.25) is 0 Å². The summed E-state index contributed by atoms with van der Waals surface area (Å²) >= 11 is 0. The minimum atomic E-state index is -2.77. The van der Waals surface area contributed by atoms with Gasteiger partial charge in [0.1, 0.15) is 34.4 Å². The van der Waals surface area contributed by atoms with E-state index in [1.54, 1.807) is 11.0 Å². The Morgan fingerprint density at radius 2 is 1.89 bits per heavy atom. The van der Waals surface area contributed by atoms with Crippen LogP contribution in [-0.2, 0) is 12.8 Å². The topological polar surface area (TPSA) is 62.1 Å². The Kier molecular flexibility index (Phi) is 6.12. The van der Waals surface area contributed by atoms with Crippen molar-refractivity contribution in [3.05, 3.63) is 46.9 Å². The van der Waals surface area contributed by atoms with Crippen molar-refractivity contribution < 1.29 is 22.7 Å². The van der Waals surface area contributed by atoms with Crippen LogP contribution in [0.4, 0.5) is 23.4 Å². The van der Waals surface area contributed by atoms with Gasteiger partial charge in [0, 0.05) is 50.0 Å². The van der Waals surface area contributed by atoms with Gasteiger partial charge in [-0.25, -0.2) is 27.5 Å². The number of aromatic hydroxyl groups is 1. The molecular weight excluding hydrogens is 472 g/mol. The molecule has 2 aromatic heterocycles. The van der Waals surface area contributed by atoms with Crippen molar-refractivity contribution in [3.8, 4) is 17.0 Å². The van der Waals surface area contributed by atoms with E-state index in [0.717, 1.165) is 5.56 Å². The first kappa shape index (κ1) is 24.5. The summed E-state index contributed by atoms with van der Waals surface area (Å²) in [7, 11) is 0. The number of anilines is 1. The van der Waals surface area contributed by atoms with Gasteiger partial charge in [-0.1, -0.05) is 20.8 Å². The van der Waals surface area contributed by atoms with Crippen LogP contribution in [0, 0.1) is 11.7 Å². The van der Waals surface area contributed by atoms with E-state index >= 15 is 4.39 Å². The van der Waals surface area contributed by atoms with Crippen LogP contribution >= 0.6 is 0 Å². The first-order chi connectivity index (χ1) is 17.1. The third-order valence-electron chi connectivity index (χ3n) is 7.31. The number of alkyl halides is 2. The maximum absolute atomic E-state index is 16.2. The highest BCUT2D eigenvalue weighted by molar-refractivity contribution is 5.93. The molecule has 0 amide bonds. The van der Waals surface area contributed by atoms with Crippen molar-refractivity contribution in [2.75, 3.05) is 18.0 Å². The highest BCUT2D eigenvalue weighted by Gasteiger charge is 2.42. The van der Waals surface area contributed by atoms with Gasteiger partial charge in [-0.2, -0.15) is 0 Å². The lowest BCUT2D eigenvalue weighted by Gasteiger charge is -2.37. The molecule has 9 heteroatoms. The van der Waals surface area contributed by atoms with Crippen molar-refractivity contribution in [3.63, 3.8) is 0 Å². The van der Waals surface area contributed by atoms with Crippen molar-refractivity contribution in [1.29, 1.82) is 0 Å². The molecule has 0 saturated carbocycles. The molecule has 1 saturated heterocycles. The molecule has 0 bridgehead atoms. The van der Waals surface area contributed by atoms with Crippen molar-refractivity contribution >= 4 is 22.3 Å². The van der Waals surface area contributed by atoms with Crippen LogP contribution in [0.25, 0.3) is 27.7 Å². The van der Waals surface area contributed by atoms with E-state index in [1.165, 1.54) is 19.2 Å². The Bertz CT molecular complexity index is 1390. The number of aryl methyl sites for hydroxylation is 2. The molecular formula is C27H28F4N4O. The molecule has 1 aromatic carbocycles. The van der Waals surface area contributed by atoms with E-state index in [4.69, 9.17) is 0 Å². The molecule has 1 unspecified atom stereocenters. The molecule has 0 spiro atoms. The summed E-state index contributed by atoms with van der Waals surface area (Å²) in [5, 5.41) is 10.7. The van der Waals surface area contributed by atoms with Crippen molar-refractivity contribution in [2.45, 2.75) is 58.8 Å². The molecule has 36 heavy (non-hydrogen) atoms. The monoisotopic (exact) mass is 500 g/mol. The molecule has 3 heterocycles. The molecule has 0 radical (unpaired) electrons. The summed E-state index contributed by atoms with van der Waals surface area (Å²) in [4.78, 5) is 15.1. The highest BCUT2D eigenvalue weighted by atomic mass is 19.3. The van der Waals surface area contributed by atoms with E-state index in [2.05, 4.69) is 15.0 Å². The van der Waals surface area contributed by atoms with E-state index in [1.807, 2.05) is 13.8 Å². The normalized spacial score (nSPS) is 19.6. The number of fused-ring (bicyclic) bond motifs is 2. The number of rotatable bonds is 4. The largest absolute Gasteiger partial charge is 0.508 e. The Morgan fingerprint density at radius 1 is 1.11 bits per heavy atom. The molecule has 2 aliphatic rings. The second-order valence-corrected chi connectivity index (χ2v) is 9.62. The first-order valence-corrected chi connectivity index (χ1v) is 12.4. The van der Waals surface area contributed by atoms with Gasteiger partial charge < -0.3 is 10.0 Å². The molecule has 1 aliphatic carbocycles. The number of phenols is 1. The van der Waals surface area contributed by atoms with Crippen LogP contribution in [0.3, 0.4) is 0 Å². The number of pyridine rings is 1. The van der Waals surface area contributed by atoms with Crippen molar-refractivity contribution in [1.82, 2.24) is 15.0 Å². The van der Waals surface area contributed by atoms with E-state index in [9.17, 15) is 18.3 Å². The Morgan fingerprint density at radius 3 is 2.58 bits per heavy atom. The molecule has 1 N–H and O–H groups in total. The summed E-state index contributed by atoms with van der Waals surface area (Å²) in [5.41, 5.74) is 2.07. The van der Waals surface area contributed by atoms with Gasteiger partial charge in [-0.05, 0) is 41.7 Å². The molecule has 1 fully saturated rings. The average molecular weight is 501 g/mol. The number of benzene rings is 1. The Labute approximate surface area is 206 Å². The molecule has 1 aliphatic heterocycles. The third kappa shape index (κ3) is 3.98. The van der Waals surface area contributed by atoms with Crippen LogP contribution in [-0.4, -0.2) is 39.1 Å². The van der Waals surface area contributed by atoms with Crippen LogP contribution < -0.4 is 4.90 Å². The predicted octanol–water partition coefficient (Wildman–Crippen LogP) is 6.62. The zero-order valence-electron chi connectivity index (χ0n) is 20.5. The van der Waals surface area contributed by atoms with Gasteiger partial charge in [0.05, 0.1) is 5.39 Å². The zero-order valence-corrected chi connectivity index (χ0v) is 20.5. The van der Waals surface area contributed by atoms with E-state index in [-0.39, 0.29) is 48.7 Å². The van der Waals surface area contributed by atoms with Gasteiger partial charge in [0.2, 0.25) is 0 Å². The summed E-state index contributed by atoms with van der Waals surface area (Å²) in [5.74, 6) is -3.89. The lowest BCUT2D eigenvalue weighted by Crippen LogP contribution is -2.46. The fraction of sp³-hybridized carbons (Fsp3) is 0.444. The summed E-state index contributed by atoms with van der Waals surface area (Å²) < 4.78 is 59.2. The smallest absolute Gasteiger partial charge is 0.254 e. The van der Waals surface area contributed by atoms with Gasteiger partial charge in [-0.3, -0.25) is 4.98 Å². The number of nitrogens with zero attached hydrogens (tertiary/aromatic N) is 4. The van der Waals surface area contributed by atoms with Gasteiger partial charge in [-0.15, -0.1) is 0 Å². The first-order valence-electron chi connectivity index (χ1n) is 12.4. The van der Waals surface area contributed by atoms with Crippen LogP contribution in [0.5, 0.6) is 5.75 Å². The second-order valence-electron chi connectivity index (χ2n) is 9.62. The quantitative estimate of drug-likeness (QED) is 0.408. The predicted molar refractivity (Wildman–Crippen MR) is 131 cm³/mol. The lowest BCUT2D eigenvalue weighted by atomic mass is 9.84. The Balaban J connectivity index is 1.71. The highest BCUT2D eigenvalue weighted by Crippen LogP contribution is 2.44. The van der Waals surface area contributed by atoms with Crippen LogP contribution in [0.1, 0.15) is 57.0 Å². The number of phenolic OH excluding ortho intramolecular Hbond substituents is 1. The maximum Gasteiger partial charge on any atom is 0.254 e. The van der Waals surface area contributed by atoms with Gasteiger partial charge in [0.15, 0.2) is 5.82 Å². The molecule has 5 rings (SSSR count). The minimum absolute atomic E-state index is 0.0299. The summed E-state index contributed by atoms with van der Waals surface area (Å²) in [6, 6.07) is 2.99. The fourth-order valence-corrected chi connectivity index (χ4v) is 5.28. The summed E-state index contributed by atoms with van der Waals surface area (Å²) in [6.07, 6.45) is 2.60. The van der Waals surface area contributed by atoms with E-state index < -0.39 is 17.7 Å². The third-order valence-corrected chi connectivity index (χ3v) is 7.31. The lowest BCUT2D eigenvalue weighted by molar-refractivity contribution is -0.0652. The van der Waals surface area contributed by atoms with Crippen molar-refractivity contribution in [2.24, 2.45) is 5.92 Å². The zero-order chi connectivity index (χ0) is 25.8. The molecule has 3 aromatic rings. The number of hydrogen-bond donors (Lipinski definition) is 1. The number of hydrogen-bond acceptors (Lipinski definition) is 5. The van der Waals surface area contributed by atoms with Gasteiger partial charge >= 0.3 is 0 Å². The summed E-state index contributed by atoms with van der Waals surface area (Å²) in [6.45, 7) is 5.33. The molecule has 190 valence electrons. The molecule has 5 nitrogen and oxygen atoms in total. The average Bonchev–Trinajstić information content (AvgIpc) is 2.85. The number of halogens is 4. The Hall–Kier alpha value is -3.23. The SMILES string of the molecule is CCC1=C(F)CCc2cc(O)cc(-c3ncc4c(N5CCC(F)(F)C(C)C5)nc(CC)nc4c3F)c21.